The van der Waals surface area contributed by atoms with Gasteiger partial charge in [-0.15, -0.1) is 0 Å². The van der Waals surface area contributed by atoms with Crippen LogP contribution in [0.1, 0.15) is 32.1 Å². The highest BCUT2D eigenvalue weighted by Crippen LogP contribution is 2.30. The molecule has 4 heteroatoms. The van der Waals surface area contributed by atoms with E-state index in [0.717, 1.165) is 24.5 Å². The molecular weight excluding hydrogens is 290 g/mol. The van der Waals surface area contributed by atoms with Crippen molar-refractivity contribution in [3.8, 4) is 0 Å². The molecule has 0 N–H and O–H groups in total. The molecule has 0 amide bonds. The Kier molecular flexibility index (Phi) is 4.30. The largest absolute Gasteiger partial charge is 0.345 e. The summed E-state index contributed by atoms with van der Waals surface area (Å²) in [6, 6.07) is 8.48. The molecule has 2 aliphatic rings. The Bertz CT molecular complexity index is 577. The van der Waals surface area contributed by atoms with Gasteiger partial charge in [0.2, 0.25) is 0 Å². The second-order valence-corrected chi connectivity index (χ2v) is 7.76. The van der Waals surface area contributed by atoms with Gasteiger partial charge < -0.3 is 4.90 Å². The molecule has 2 aromatic rings. The van der Waals surface area contributed by atoms with Crippen LogP contribution in [0, 0.1) is 5.92 Å². The van der Waals surface area contributed by atoms with Crippen molar-refractivity contribution in [1.82, 2.24) is 9.88 Å². The van der Waals surface area contributed by atoms with E-state index in [0.29, 0.717) is 0 Å². The third kappa shape index (κ3) is 3.13. The highest BCUT2D eigenvalue weighted by Gasteiger charge is 2.22. The fourth-order valence-electron chi connectivity index (χ4n) is 3.85. The summed E-state index contributed by atoms with van der Waals surface area (Å²) in [5.41, 5.74) is 1.15. The summed E-state index contributed by atoms with van der Waals surface area (Å²) in [6.45, 7) is 5.99. The Morgan fingerprint density at radius 1 is 1.00 bits per heavy atom. The first-order chi connectivity index (χ1) is 10.9. The first kappa shape index (κ1) is 14.5. The van der Waals surface area contributed by atoms with Crippen LogP contribution in [-0.2, 0) is 0 Å². The van der Waals surface area contributed by atoms with E-state index in [4.69, 9.17) is 4.98 Å². The maximum Gasteiger partial charge on any atom is 0.186 e. The van der Waals surface area contributed by atoms with E-state index in [1.165, 1.54) is 61.6 Å². The predicted molar refractivity (Wildman–Crippen MR) is 94.8 cm³/mol. The number of anilines is 1. The van der Waals surface area contributed by atoms with Crippen molar-refractivity contribution in [2.75, 3.05) is 37.6 Å². The zero-order valence-corrected chi connectivity index (χ0v) is 14.0. The molecule has 22 heavy (non-hydrogen) atoms. The Labute approximate surface area is 136 Å². The fraction of sp³-hybridized carbons (Fsp3) is 0.611. The first-order valence-electron chi connectivity index (χ1n) is 8.71. The Hall–Kier alpha value is -1.13. The van der Waals surface area contributed by atoms with Gasteiger partial charge in [-0.25, -0.2) is 4.98 Å². The Balaban J connectivity index is 1.35. The van der Waals surface area contributed by atoms with Crippen molar-refractivity contribution in [3.63, 3.8) is 0 Å². The number of hydrogen-bond donors (Lipinski definition) is 0. The molecule has 0 radical (unpaired) electrons. The smallest absolute Gasteiger partial charge is 0.186 e. The van der Waals surface area contributed by atoms with Crippen molar-refractivity contribution in [1.29, 1.82) is 0 Å². The lowest BCUT2D eigenvalue weighted by Crippen LogP contribution is -2.48. The second kappa shape index (κ2) is 6.55. The third-order valence-electron chi connectivity index (χ3n) is 5.17. The van der Waals surface area contributed by atoms with Crippen LogP contribution >= 0.6 is 11.3 Å². The van der Waals surface area contributed by atoms with Gasteiger partial charge in [0.05, 0.1) is 10.2 Å². The van der Waals surface area contributed by atoms with E-state index in [9.17, 15) is 0 Å². The molecule has 4 rings (SSSR count). The van der Waals surface area contributed by atoms with Crippen LogP contribution < -0.4 is 4.90 Å². The van der Waals surface area contributed by atoms with Gasteiger partial charge in [0, 0.05) is 32.7 Å². The molecule has 1 aromatic heterocycles. The van der Waals surface area contributed by atoms with Crippen LogP contribution in [0.25, 0.3) is 10.2 Å². The minimum absolute atomic E-state index is 0.961. The standard InChI is InChI=1S/C18H25N3S/c1-2-6-15(7-3-1)14-20-10-12-21(13-11-20)18-19-16-8-4-5-9-17(16)22-18/h4-5,8-9,15H,1-3,6-7,10-14H2. The van der Waals surface area contributed by atoms with Crippen molar-refractivity contribution in [2.24, 2.45) is 5.92 Å². The van der Waals surface area contributed by atoms with Gasteiger partial charge in [0.15, 0.2) is 5.13 Å². The van der Waals surface area contributed by atoms with Crippen LogP contribution in [0.2, 0.25) is 0 Å². The Morgan fingerprint density at radius 3 is 2.55 bits per heavy atom. The molecule has 1 saturated carbocycles. The molecule has 0 spiro atoms. The van der Waals surface area contributed by atoms with Crippen molar-refractivity contribution in [3.05, 3.63) is 24.3 Å². The van der Waals surface area contributed by atoms with Crippen molar-refractivity contribution in [2.45, 2.75) is 32.1 Å². The minimum Gasteiger partial charge on any atom is -0.345 e. The van der Waals surface area contributed by atoms with E-state index < -0.39 is 0 Å². The van der Waals surface area contributed by atoms with Crippen LogP contribution in [-0.4, -0.2) is 42.6 Å². The lowest BCUT2D eigenvalue weighted by molar-refractivity contribution is 0.192. The number of piperazine rings is 1. The minimum atomic E-state index is 0.961. The van der Waals surface area contributed by atoms with Gasteiger partial charge in [0.1, 0.15) is 0 Å². The third-order valence-corrected chi connectivity index (χ3v) is 6.26. The number of rotatable bonds is 3. The topological polar surface area (TPSA) is 19.4 Å². The van der Waals surface area contributed by atoms with Crippen LogP contribution in [0.5, 0.6) is 0 Å². The number of thiazole rings is 1. The lowest BCUT2D eigenvalue weighted by atomic mass is 9.89. The van der Waals surface area contributed by atoms with Crippen molar-refractivity contribution >= 4 is 26.7 Å². The number of fused-ring (bicyclic) bond motifs is 1. The number of nitrogens with zero attached hydrogens (tertiary/aromatic N) is 3. The summed E-state index contributed by atoms with van der Waals surface area (Å²) < 4.78 is 1.31. The average Bonchev–Trinajstić information content (AvgIpc) is 3.00. The van der Waals surface area contributed by atoms with Gasteiger partial charge in [0.25, 0.3) is 0 Å². The van der Waals surface area contributed by atoms with Gasteiger partial charge in [-0.3, -0.25) is 4.90 Å². The van der Waals surface area contributed by atoms with Crippen molar-refractivity contribution < 1.29 is 0 Å². The molecule has 1 aromatic carbocycles. The monoisotopic (exact) mass is 315 g/mol. The van der Waals surface area contributed by atoms with Gasteiger partial charge in [-0.1, -0.05) is 42.7 Å². The second-order valence-electron chi connectivity index (χ2n) is 6.76. The summed E-state index contributed by atoms with van der Waals surface area (Å²) in [5, 5.41) is 1.21. The van der Waals surface area contributed by atoms with E-state index in [2.05, 4.69) is 34.1 Å². The number of para-hydroxylation sites is 1. The van der Waals surface area contributed by atoms with E-state index >= 15 is 0 Å². The highest BCUT2D eigenvalue weighted by atomic mass is 32.1. The summed E-state index contributed by atoms with van der Waals surface area (Å²) >= 11 is 1.84. The maximum atomic E-state index is 4.80. The molecule has 0 bridgehead atoms. The molecule has 0 unspecified atom stereocenters. The van der Waals surface area contributed by atoms with E-state index in [1.807, 2.05) is 11.3 Å². The predicted octanol–water partition coefficient (Wildman–Crippen LogP) is 4.00. The summed E-state index contributed by atoms with van der Waals surface area (Å²) in [6.07, 6.45) is 7.28. The fourth-order valence-corrected chi connectivity index (χ4v) is 4.87. The molecular formula is C18H25N3S. The molecule has 0 atom stereocenters. The summed E-state index contributed by atoms with van der Waals surface area (Å²) in [7, 11) is 0. The van der Waals surface area contributed by atoms with Crippen LogP contribution in [0.3, 0.4) is 0 Å². The zero-order chi connectivity index (χ0) is 14.8. The number of benzene rings is 1. The lowest BCUT2D eigenvalue weighted by Gasteiger charge is -2.37. The summed E-state index contributed by atoms with van der Waals surface area (Å²) in [4.78, 5) is 9.96. The van der Waals surface area contributed by atoms with Gasteiger partial charge in [-0.2, -0.15) is 0 Å². The normalized spacial score (nSPS) is 21.5. The quantitative estimate of drug-likeness (QED) is 0.853. The maximum absolute atomic E-state index is 4.80. The number of aromatic nitrogens is 1. The average molecular weight is 315 g/mol. The molecule has 118 valence electrons. The zero-order valence-electron chi connectivity index (χ0n) is 13.2. The molecule has 1 saturated heterocycles. The molecule has 1 aliphatic carbocycles. The Morgan fingerprint density at radius 2 is 1.77 bits per heavy atom. The van der Waals surface area contributed by atoms with Gasteiger partial charge >= 0.3 is 0 Å². The van der Waals surface area contributed by atoms with E-state index in [1.54, 1.807) is 0 Å². The van der Waals surface area contributed by atoms with E-state index in [-0.39, 0.29) is 0 Å². The number of hydrogen-bond acceptors (Lipinski definition) is 4. The molecule has 3 nitrogen and oxygen atoms in total. The molecule has 2 heterocycles. The molecule has 2 fully saturated rings. The van der Waals surface area contributed by atoms with Crippen LogP contribution in [0.15, 0.2) is 24.3 Å². The summed E-state index contributed by atoms with van der Waals surface area (Å²) in [5.74, 6) is 0.961. The first-order valence-corrected chi connectivity index (χ1v) is 9.53. The SMILES string of the molecule is c1ccc2sc(N3CCN(CC4CCCCC4)CC3)nc2c1. The molecule has 1 aliphatic heterocycles. The van der Waals surface area contributed by atoms with Gasteiger partial charge in [-0.05, 0) is 30.9 Å². The van der Waals surface area contributed by atoms with Crippen LogP contribution in [0.4, 0.5) is 5.13 Å². The highest BCUT2D eigenvalue weighted by molar-refractivity contribution is 7.22.